The number of carbonyl (C=O) groups excluding carboxylic acids is 1. The molecule has 0 fully saturated rings. The summed E-state index contributed by atoms with van der Waals surface area (Å²) in [5.74, 6) is -2.15. The van der Waals surface area contributed by atoms with Crippen molar-refractivity contribution in [2.75, 3.05) is 19.6 Å². The molecule has 0 spiro atoms. The largest absolute Gasteiger partial charge is 0.478 e. The number of ether oxygens (including phenoxy) is 1. The smallest absolute Gasteiger partial charge is 0.367 e. The van der Waals surface area contributed by atoms with E-state index < -0.39 is 25.9 Å². The molecule has 8 heteroatoms. The van der Waals surface area contributed by atoms with Crippen molar-refractivity contribution in [3.63, 3.8) is 0 Å². The van der Waals surface area contributed by atoms with Gasteiger partial charge in [-0.05, 0) is 26.0 Å². The molecule has 7 nitrogen and oxygen atoms in total. The molecule has 116 valence electrons. The van der Waals surface area contributed by atoms with Crippen molar-refractivity contribution in [3.05, 3.63) is 35.4 Å². The first-order valence-corrected chi connectivity index (χ1v) is 8.04. The van der Waals surface area contributed by atoms with Gasteiger partial charge < -0.3 is 18.9 Å². The molecule has 0 amide bonds. The topological polar surface area (TPSA) is 99.1 Å². The molecular weight excluding hydrogens is 299 g/mol. The van der Waals surface area contributed by atoms with Crippen LogP contribution in [0.5, 0.6) is 0 Å². The summed E-state index contributed by atoms with van der Waals surface area (Å²) in [4.78, 5) is 22.9. The summed E-state index contributed by atoms with van der Waals surface area (Å²) in [5, 5.41) is 9.00. The molecule has 0 heterocycles. The van der Waals surface area contributed by atoms with E-state index in [2.05, 4.69) is 0 Å². The van der Waals surface area contributed by atoms with Gasteiger partial charge in [-0.15, -0.1) is 0 Å². The predicted octanol–water partition coefficient (Wildman–Crippen LogP) is 2.77. The Balaban J connectivity index is 2.82. The molecule has 0 aliphatic rings. The first kappa shape index (κ1) is 17.4. The Bertz CT molecular complexity index is 545. The minimum atomic E-state index is -3.52. The summed E-state index contributed by atoms with van der Waals surface area (Å²) in [7, 11) is -3.52. The van der Waals surface area contributed by atoms with Crippen LogP contribution in [0.1, 0.15) is 34.6 Å². The maximum atomic E-state index is 12.1. The van der Waals surface area contributed by atoms with Gasteiger partial charge in [0.25, 0.3) is 0 Å². The van der Waals surface area contributed by atoms with Gasteiger partial charge in [0.15, 0.2) is 6.35 Å². The Morgan fingerprint density at radius 3 is 2.10 bits per heavy atom. The zero-order valence-electron chi connectivity index (χ0n) is 11.8. The molecule has 0 saturated heterocycles. The van der Waals surface area contributed by atoms with Gasteiger partial charge in [-0.3, -0.25) is 4.57 Å². The van der Waals surface area contributed by atoms with Crippen LogP contribution in [0.25, 0.3) is 0 Å². The quantitative estimate of drug-likeness (QED) is 0.581. The molecule has 1 rings (SSSR count). The van der Waals surface area contributed by atoms with Crippen LogP contribution in [0.3, 0.4) is 0 Å². The standard InChI is InChI=1S/C13H17O7P/c1-3-19-21(17,20-4-2)9-18-13(16)11-8-6-5-7-10(11)12(14)15/h5-8H,3-4,9H2,1-2H3,(H,14,15). The molecule has 0 aromatic heterocycles. The van der Waals surface area contributed by atoms with Crippen molar-refractivity contribution < 1.29 is 33.0 Å². The summed E-state index contributed by atoms with van der Waals surface area (Å²) in [6.07, 6.45) is -0.568. The Morgan fingerprint density at radius 2 is 1.62 bits per heavy atom. The van der Waals surface area contributed by atoms with E-state index in [1.807, 2.05) is 0 Å². The number of benzene rings is 1. The van der Waals surface area contributed by atoms with Crippen molar-refractivity contribution in [1.29, 1.82) is 0 Å². The minimum absolute atomic E-state index is 0.121. The Morgan fingerprint density at radius 1 is 1.10 bits per heavy atom. The lowest BCUT2D eigenvalue weighted by molar-refractivity contribution is 0.0521. The summed E-state index contributed by atoms with van der Waals surface area (Å²) in [6, 6.07) is 5.60. The predicted molar refractivity (Wildman–Crippen MR) is 74.5 cm³/mol. The average molecular weight is 316 g/mol. The normalized spacial score (nSPS) is 11.1. The lowest BCUT2D eigenvalue weighted by Crippen LogP contribution is -2.13. The molecule has 0 radical (unpaired) electrons. The second-order valence-corrected chi connectivity index (χ2v) is 5.85. The molecule has 1 aromatic rings. The molecule has 1 N–H and O–H groups in total. The van der Waals surface area contributed by atoms with Crippen LogP contribution in [-0.2, 0) is 18.3 Å². The SMILES string of the molecule is CCOP(=O)(COC(=O)c1ccccc1C(=O)O)OCC. The number of hydrogen-bond acceptors (Lipinski definition) is 6. The summed E-state index contributed by atoms with van der Waals surface area (Å²) in [5.41, 5.74) is -0.310. The highest BCUT2D eigenvalue weighted by molar-refractivity contribution is 7.53. The lowest BCUT2D eigenvalue weighted by Gasteiger charge is -2.16. The van der Waals surface area contributed by atoms with Gasteiger partial charge in [0.2, 0.25) is 0 Å². The maximum Gasteiger partial charge on any atom is 0.367 e. The Kier molecular flexibility index (Phi) is 6.55. The second-order valence-electron chi connectivity index (χ2n) is 3.86. The van der Waals surface area contributed by atoms with Gasteiger partial charge in [-0.25, -0.2) is 9.59 Å². The van der Waals surface area contributed by atoms with Crippen molar-refractivity contribution in [3.8, 4) is 0 Å². The Hall–Kier alpha value is -1.69. The molecule has 21 heavy (non-hydrogen) atoms. The van der Waals surface area contributed by atoms with E-state index in [0.717, 1.165) is 0 Å². The molecule has 1 aromatic carbocycles. The maximum absolute atomic E-state index is 12.1. The van der Waals surface area contributed by atoms with Crippen LogP contribution in [0.4, 0.5) is 0 Å². The number of carbonyl (C=O) groups is 2. The number of carboxylic acid groups (broad SMARTS) is 1. The number of aromatic carboxylic acids is 1. The van der Waals surface area contributed by atoms with E-state index in [-0.39, 0.29) is 24.3 Å². The summed E-state index contributed by atoms with van der Waals surface area (Å²) >= 11 is 0. The number of hydrogen-bond donors (Lipinski definition) is 1. The highest BCUT2D eigenvalue weighted by atomic mass is 31.2. The number of esters is 1. The van der Waals surface area contributed by atoms with Gasteiger partial charge in [-0.1, -0.05) is 12.1 Å². The highest BCUT2D eigenvalue weighted by Gasteiger charge is 2.27. The van der Waals surface area contributed by atoms with E-state index >= 15 is 0 Å². The first-order chi connectivity index (χ1) is 9.93. The van der Waals surface area contributed by atoms with E-state index in [1.54, 1.807) is 13.8 Å². The van der Waals surface area contributed by atoms with Crippen LogP contribution in [0, 0.1) is 0 Å². The third-order valence-electron chi connectivity index (χ3n) is 2.38. The third kappa shape index (κ3) is 4.97. The fourth-order valence-electron chi connectivity index (χ4n) is 1.57. The minimum Gasteiger partial charge on any atom is -0.478 e. The van der Waals surface area contributed by atoms with Gasteiger partial charge >= 0.3 is 19.5 Å². The zero-order valence-corrected chi connectivity index (χ0v) is 12.7. The van der Waals surface area contributed by atoms with E-state index in [4.69, 9.17) is 18.9 Å². The van der Waals surface area contributed by atoms with Crippen LogP contribution < -0.4 is 0 Å². The summed E-state index contributed by atoms with van der Waals surface area (Å²) in [6.45, 7) is 3.54. The van der Waals surface area contributed by atoms with Crippen molar-refractivity contribution >= 4 is 19.5 Å². The average Bonchev–Trinajstić information content (AvgIpc) is 2.45. The second kappa shape index (κ2) is 7.93. The van der Waals surface area contributed by atoms with Gasteiger partial charge in [-0.2, -0.15) is 0 Å². The van der Waals surface area contributed by atoms with E-state index in [1.165, 1.54) is 24.3 Å². The highest BCUT2D eigenvalue weighted by Crippen LogP contribution is 2.47. The van der Waals surface area contributed by atoms with Crippen LogP contribution in [-0.4, -0.2) is 36.6 Å². The molecule has 0 bridgehead atoms. The first-order valence-electron chi connectivity index (χ1n) is 6.31. The van der Waals surface area contributed by atoms with Crippen LogP contribution in [0.2, 0.25) is 0 Å². The molecular formula is C13H17O7P. The van der Waals surface area contributed by atoms with E-state index in [9.17, 15) is 14.2 Å². The van der Waals surface area contributed by atoms with E-state index in [0.29, 0.717) is 0 Å². The van der Waals surface area contributed by atoms with Gasteiger partial charge in [0.05, 0.1) is 24.3 Å². The van der Waals surface area contributed by atoms with Crippen molar-refractivity contribution in [2.45, 2.75) is 13.8 Å². The van der Waals surface area contributed by atoms with Crippen molar-refractivity contribution in [1.82, 2.24) is 0 Å². The van der Waals surface area contributed by atoms with Crippen LogP contribution in [0.15, 0.2) is 24.3 Å². The molecule has 0 saturated carbocycles. The zero-order chi connectivity index (χ0) is 15.9. The summed E-state index contributed by atoms with van der Waals surface area (Å²) < 4.78 is 27.0. The number of carboxylic acids is 1. The fraction of sp³-hybridized carbons (Fsp3) is 0.385. The van der Waals surface area contributed by atoms with Crippen molar-refractivity contribution in [2.24, 2.45) is 0 Å². The van der Waals surface area contributed by atoms with Gasteiger partial charge in [0.1, 0.15) is 0 Å². The Labute approximate surface area is 122 Å². The molecule has 0 unspecified atom stereocenters. The van der Waals surface area contributed by atoms with Crippen LogP contribution >= 0.6 is 7.60 Å². The molecule has 0 aliphatic heterocycles. The number of rotatable bonds is 8. The monoisotopic (exact) mass is 316 g/mol. The van der Waals surface area contributed by atoms with Gasteiger partial charge in [0, 0.05) is 0 Å². The lowest BCUT2D eigenvalue weighted by atomic mass is 10.1. The molecule has 0 aliphatic carbocycles. The fourth-order valence-corrected chi connectivity index (χ4v) is 2.85. The molecule has 0 atom stereocenters. The third-order valence-corrected chi connectivity index (χ3v) is 4.13.